The Hall–Kier alpha value is -3.72. The largest absolute Gasteiger partial charge is 0.454 e. The van der Waals surface area contributed by atoms with E-state index in [9.17, 15) is 0 Å². The van der Waals surface area contributed by atoms with E-state index in [1.165, 1.54) is 16.3 Å². The maximum atomic E-state index is 6.38. The summed E-state index contributed by atoms with van der Waals surface area (Å²) in [4.78, 5) is 0. The van der Waals surface area contributed by atoms with E-state index < -0.39 is 0 Å². The zero-order valence-electron chi connectivity index (χ0n) is 14.4. The normalized spacial score (nSPS) is 12.7. The van der Waals surface area contributed by atoms with Crippen LogP contribution in [0.5, 0.6) is 0 Å². The van der Waals surface area contributed by atoms with Crippen LogP contribution < -0.4 is 5.32 Å². The molecule has 0 fully saturated rings. The number of benzene rings is 4. The minimum Gasteiger partial charge on any atom is -0.454 e. The van der Waals surface area contributed by atoms with Crippen LogP contribution in [-0.2, 0) is 0 Å². The van der Waals surface area contributed by atoms with E-state index >= 15 is 0 Å². The molecule has 7 rings (SSSR count). The number of rotatable bonds is 0. The Morgan fingerprint density at radius 2 is 1.33 bits per heavy atom. The van der Waals surface area contributed by atoms with E-state index in [1.54, 1.807) is 0 Å². The first kappa shape index (κ1) is 13.5. The monoisotopic (exact) mass is 346 g/mol. The number of hydrogen-bond donors (Lipinski definition) is 1. The van der Waals surface area contributed by atoms with Crippen molar-refractivity contribution in [3.63, 3.8) is 0 Å². The quantitative estimate of drug-likeness (QED) is 0.329. The molecule has 1 aliphatic rings. The lowest BCUT2D eigenvalue weighted by molar-refractivity contribution is 0.671. The van der Waals surface area contributed by atoms with Crippen LogP contribution in [-0.4, -0.2) is 4.57 Å². The number of para-hydroxylation sites is 4. The van der Waals surface area contributed by atoms with Gasteiger partial charge in [0.1, 0.15) is 5.58 Å². The van der Waals surface area contributed by atoms with Crippen molar-refractivity contribution in [1.29, 1.82) is 0 Å². The predicted molar refractivity (Wildman–Crippen MR) is 111 cm³/mol. The fourth-order valence-corrected chi connectivity index (χ4v) is 4.59. The first-order chi connectivity index (χ1) is 13.4. The first-order valence-electron chi connectivity index (χ1n) is 9.14. The average Bonchev–Trinajstić information content (AvgIpc) is 3.26. The van der Waals surface area contributed by atoms with Crippen LogP contribution >= 0.6 is 0 Å². The molecule has 0 aliphatic carbocycles. The maximum Gasteiger partial charge on any atom is 0.160 e. The van der Waals surface area contributed by atoms with Gasteiger partial charge in [-0.15, -0.1) is 0 Å². The number of nitrogens with one attached hydrogen (secondary N) is 1. The van der Waals surface area contributed by atoms with Gasteiger partial charge in [0.25, 0.3) is 0 Å². The molecular formula is C24H14N2O. The van der Waals surface area contributed by atoms with Gasteiger partial charge in [-0.25, -0.2) is 0 Å². The highest BCUT2D eigenvalue weighted by atomic mass is 16.3. The van der Waals surface area contributed by atoms with Crippen LogP contribution in [0.2, 0.25) is 0 Å². The molecule has 3 nitrogen and oxygen atoms in total. The molecule has 3 heterocycles. The lowest BCUT2D eigenvalue weighted by Gasteiger charge is -2.21. The summed E-state index contributed by atoms with van der Waals surface area (Å²) in [6, 6.07) is 27.6. The van der Waals surface area contributed by atoms with E-state index in [-0.39, 0.29) is 0 Å². The van der Waals surface area contributed by atoms with E-state index in [0.29, 0.717) is 0 Å². The second kappa shape index (κ2) is 4.51. The van der Waals surface area contributed by atoms with Crippen LogP contribution in [0, 0.1) is 0 Å². The molecule has 0 amide bonds. The van der Waals surface area contributed by atoms with Crippen molar-refractivity contribution in [2.24, 2.45) is 0 Å². The van der Waals surface area contributed by atoms with Gasteiger partial charge in [0.05, 0.1) is 28.1 Å². The van der Waals surface area contributed by atoms with Crippen molar-refractivity contribution in [3.05, 3.63) is 78.9 Å². The zero-order chi connectivity index (χ0) is 17.5. The molecule has 126 valence electrons. The van der Waals surface area contributed by atoms with Crippen molar-refractivity contribution >= 4 is 55.1 Å². The Labute approximate surface area is 154 Å². The van der Waals surface area contributed by atoms with Gasteiger partial charge >= 0.3 is 0 Å². The smallest absolute Gasteiger partial charge is 0.160 e. The van der Waals surface area contributed by atoms with Crippen molar-refractivity contribution in [2.75, 3.05) is 5.32 Å². The van der Waals surface area contributed by atoms with Crippen LogP contribution in [0.1, 0.15) is 0 Å². The third-order valence-electron chi connectivity index (χ3n) is 5.71. The Balaban J connectivity index is 1.82. The summed E-state index contributed by atoms with van der Waals surface area (Å²) in [6.45, 7) is 0. The summed E-state index contributed by atoms with van der Waals surface area (Å²) in [6.07, 6.45) is 0. The van der Waals surface area contributed by atoms with Crippen molar-refractivity contribution in [3.8, 4) is 5.69 Å². The molecule has 1 N–H and O–H groups in total. The Kier molecular flexibility index (Phi) is 2.25. The van der Waals surface area contributed by atoms with Crippen LogP contribution in [0.3, 0.4) is 0 Å². The summed E-state index contributed by atoms with van der Waals surface area (Å²) in [5.74, 6) is 0. The van der Waals surface area contributed by atoms with E-state index in [0.717, 1.165) is 44.5 Å². The Morgan fingerprint density at radius 1 is 0.593 bits per heavy atom. The first-order valence-corrected chi connectivity index (χ1v) is 9.14. The molecule has 0 saturated carbocycles. The highest BCUT2D eigenvalue weighted by Gasteiger charge is 2.24. The molecule has 3 heteroatoms. The Bertz CT molecular complexity index is 1550. The lowest BCUT2D eigenvalue weighted by atomic mass is 10.1. The summed E-state index contributed by atoms with van der Waals surface area (Å²) < 4.78 is 8.73. The predicted octanol–water partition coefficient (Wildman–Crippen LogP) is 6.74. The molecule has 6 aromatic rings. The summed E-state index contributed by atoms with van der Waals surface area (Å²) in [5.41, 5.74) is 7.63. The van der Waals surface area contributed by atoms with Crippen LogP contribution in [0.4, 0.5) is 11.4 Å². The molecule has 1 aliphatic heterocycles. The molecule has 27 heavy (non-hydrogen) atoms. The van der Waals surface area contributed by atoms with Crippen molar-refractivity contribution in [2.45, 2.75) is 0 Å². The van der Waals surface area contributed by atoms with Gasteiger partial charge in [-0.05, 0) is 30.3 Å². The maximum absolute atomic E-state index is 6.38. The van der Waals surface area contributed by atoms with E-state index in [4.69, 9.17) is 4.42 Å². The Morgan fingerprint density at radius 3 is 2.33 bits per heavy atom. The summed E-state index contributed by atoms with van der Waals surface area (Å²) >= 11 is 0. The fraction of sp³-hybridized carbons (Fsp3) is 0. The van der Waals surface area contributed by atoms with E-state index in [1.807, 2.05) is 12.1 Å². The zero-order valence-corrected chi connectivity index (χ0v) is 14.4. The molecule has 0 bridgehead atoms. The summed E-state index contributed by atoms with van der Waals surface area (Å²) in [7, 11) is 0. The summed E-state index contributed by atoms with van der Waals surface area (Å²) in [5, 5.41) is 8.37. The number of hydrogen-bond acceptors (Lipinski definition) is 2. The highest BCUT2D eigenvalue weighted by molar-refractivity contribution is 6.23. The van der Waals surface area contributed by atoms with Gasteiger partial charge in [0.2, 0.25) is 0 Å². The SMILES string of the molecule is c1ccc2c(c1)Nc1cccc3c4ccc5c6ccccc6oc5c4n-2c13. The van der Waals surface area contributed by atoms with Gasteiger partial charge in [-0.1, -0.05) is 48.5 Å². The van der Waals surface area contributed by atoms with Crippen LogP contribution in [0.25, 0.3) is 49.4 Å². The third kappa shape index (κ3) is 1.53. The van der Waals surface area contributed by atoms with Crippen LogP contribution in [0.15, 0.2) is 83.3 Å². The highest BCUT2D eigenvalue weighted by Crippen LogP contribution is 2.45. The second-order valence-corrected chi connectivity index (χ2v) is 7.12. The van der Waals surface area contributed by atoms with Gasteiger partial charge in [-0.2, -0.15) is 0 Å². The lowest BCUT2D eigenvalue weighted by Crippen LogP contribution is -2.06. The molecule has 2 aromatic heterocycles. The number of fused-ring (bicyclic) bond motifs is 9. The van der Waals surface area contributed by atoms with Gasteiger partial charge in [0.15, 0.2) is 5.58 Å². The average molecular weight is 346 g/mol. The molecule has 0 saturated heterocycles. The van der Waals surface area contributed by atoms with Crippen molar-refractivity contribution < 1.29 is 4.42 Å². The van der Waals surface area contributed by atoms with Crippen molar-refractivity contribution in [1.82, 2.24) is 4.57 Å². The third-order valence-corrected chi connectivity index (χ3v) is 5.71. The molecule has 4 aromatic carbocycles. The molecule has 0 radical (unpaired) electrons. The van der Waals surface area contributed by atoms with Gasteiger partial charge < -0.3 is 14.3 Å². The van der Waals surface area contributed by atoms with E-state index in [2.05, 4.69) is 76.6 Å². The molecule has 0 unspecified atom stereocenters. The topological polar surface area (TPSA) is 30.1 Å². The molecule has 0 spiro atoms. The fourth-order valence-electron chi connectivity index (χ4n) is 4.59. The standard InChI is InChI=1S/C24H14N2O/c1-4-11-21-14(6-1)17-13-12-16-15-7-5-9-19-22(15)26(23(16)24(17)27-21)20-10-3-2-8-18(20)25-19/h1-13,25H. The minimum absolute atomic E-state index is 0.931. The van der Waals surface area contributed by atoms with Gasteiger partial charge in [-0.3, -0.25) is 0 Å². The number of furan rings is 1. The minimum atomic E-state index is 0.931. The second-order valence-electron chi connectivity index (χ2n) is 7.12. The number of nitrogens with zero attached hydrogens (tertiary/aromatic N) is 1. The number of anilines is 2. The number of aromatic nitrogens is 1. The van der Waals surface area contributed by atoms with Gasteiger partial charge in [0, 0.05) is 21.5 Å². The molecule has 0 atom stereocenters. The molecular weight excluding hydrogens is 332 g/mol.